The van der Waals surface area contributed by atoms with Crippen LogP contribution in [-0.4, -0.2) is 62.8 Å². The number of thiophene rings is 1. The Kier molecular flexibility index (Phi) is 12.5. The summed E-state index contributed by atoms with van der Waals surface area (Å²) in [6, 6.07) is 4.85. The molecule has 0 aliphatic carbocycles. The van der Waals surface area contributed by atoms with Gasteiger partial charge in [-0.3, -0.25) is 4.99 Å². The van der Waals surface area contributed by atoms with Crippen molar-refractivity contribution in [1.29, 1.82) is 0 Å². The van der Waals surface area contributed by atoms with E-state index in [9.17, 15) is 0 Å². The molecule has 0 bridgehead atoms. The van der Waals surface area contributed by atoms with Crippen LogP contribution in [0.3, 0.4) is 0 Å². The van der Waals surface area contributed by atoms with Gasteiger partial charge in [-0.2, -0.15) is 0 Å². The van der Waals surface area contributed by atoms with E-state index in [4.69, 9.17) is 4.74 Å². The van der Waals surface area contributed by atoms with Crippen LogP contribution in [0.15, 0.2) is 22.5 Å². The first-order chi connectivity index (χ1) is 12.6. The minimum atomic E-state index is 0. The highest BCUT2D eigenvalue weighted by Crippen LogP contribution is 2.14. The molecule has 0 amide bonds. The van der Waals surface area contributed by atoms with Crippen LogP contribution in [0.1, 0.15) is 38.5 Å². The van der Waals surface area contributed by atoms with Gasteiger partial charge in [0, 0.05) is 44.1 Å². The Labute approximate surface area is 186 Å². The molecule has 1 aromatic rings. The predicted octanol–water partition coefficient (Wildman–Crippen LogP) is 3.60. The molecule has 2 rings (SSSR count). The van der Waals surface area contributed by atoms with Crippen molar-refractivity contribution >= 4 is 41.3 Å². The zero-order valence-electron chi connectivity index (χ0n) is 17.2. The fourth-order valence-corrected chi connectivity index (χ4v) is 4.09. The fourth-order valence-electron chi connectivity index (χ4n) is 3.22. The molecule has 2 heterocycles. The maximum Gasteiger partial charge on any atom is 0.191 e. The van der Waals surface area contributed by atoms with Gasteiger partial charge in [0.2, 0.25) is 0 Å². The highest BCUT2D eigenvalue weighted by molar-refractivity contribution is 14.0. The van der Waals surface area contributed by atoms with Gasteiger partial charge in [0.15, 0.2) is 5.96 Å². The van der Waals surface area contributed by atoms with Gasteiger partial charge in [0.25, 0.3) is 0 Å². The first-order valence-corrected chi connectivity index (χ1v) is 10.8. The molecule has 0 saturated carbocycles. The van der Waals surface area contributed by atoms with Gasteiger partial charge in [-0.05, 0) is 50.5 Å². The number of nitrogens with one attached hydrogen (secondary N) is 2. The molecule has 1 aliphatic heterocycles. The maximum atomic E-state index is 5.66. The molecule has 1 fully saturated rings. The van der Waals surface area contributed by atoms with Gasteiger partial charge in [-0.15, -0.1) is 35.3 Å². The van der Waals surface area contributed by atoms with Gasteiger partial charge in [0.1, 0.15) is 0 Å². The van der Waals surface area contributed by atoms with Crippen LogP contribution >= 0.6 is 35.3 Å². The highest BCUT2D eigenvalue weighted by atomic mass is 127. The summed E-state index contributed by atoms with van der Waals surface area (Å²) in [5.74, 6) is 1.53. The lowest BCUT2D eigenvalue weighted by Crippen LogP contribution is -2.49. The van der Waals surface area contributed by atoms with Crippen molar-refractivity contribution in [1.82, 2.24) is 15.5 Å². The third kappa shape index (κ3) is 10.1. The van der Waals surface area contributed by atoms with Crippen molar-refractivity contribution in [2.24, 2.45) is 10.9 Å². The number of guanidine groups is 1. The number of likely N-dealkylation sites (tertiary alicyclic amines) is 1. The molecule has 1 saturated heterocycles. The number of ether oxygens (including phenoxy) is 1. The molecule has 0 aromatic carbocycles. The second-order valence-corrected chi connectivity index (χ2v) is 8.55. The molecule has 2 N–H and O–H groups in total. The Hall–Kier alpha value is -0.380. The second-order valence-electron chi connectivity index (χ2n) is 7.52. The van der Waals surface area contributed by atoms with Crippen LogP contribution in [0.2, 0.25) is 0 Å². The fraction of sp³-hybridized carbons (Fsp3) is 0.750. The van der Waals surface area contributed by atoms with E-state index in [1.807, 2.05) is 18.4 Å². The molecule has 0 spiro atoms. The summed E-state index contributed by atoms with van der Waals surface area (Å²) in [6.07, 6.45) is 3.77. The van der Waals surface area contributed by atoms with E-state index in [-0.39, 0.29) is 24.0 Å². The Morgan fingerprint density at radius 1 is 1.33 bits per heavy atom. The quantitative estimate of drug-likeness (QED) is 0.304. The molecular formula is C20H37IN4OS. The summed E-state index contributed by atoms with van der Waals surface area (Å²) in [4.78, 5) is 8.36. The Bertz CT molecular complexity index is 516. The van der Waals surface area contributed by atoms with E-state index < -0.39 is 0 Å². The van der Waals surface area contributed by atoms with Crippen LogP contribution in [0, 0.1) is 5.92 Å². The maximum absolute atomic E-state index is 5.66. The molecule has 1 aromatic heterocycles. The van der Waals surface area contributed by atoms with Gasteiger partial charge >= 0.3 is 0 Å². The largest absolute Gasteiger partial charge is 0.377 e. The number of rotatable bonds is 9. The van der Waals surface area contributed by atoms with Crippen LogP contribution in [0.4, 0.5) is 0 Å². The normalized spacial score (nSPS) is 17.6. The number of hydrogen-bond acceptors (Lipinski definition) is 4. The average Bonchev–Trinajstić information content (AvgIpc) is 3.12. The van der Waals surface area contributed by atoms with Crippen molar-refractivity contribution in [3.05, 3.63) is 22.4 Å². The van der Waals surface area contributed by atoms with Crippen molar-refractivity contribution in [2.75, 3.05) is 39.8 Å². The molecular weight excluding hydrogens is 471 g/mol. The third-order valence-corrected chi connectivity index (χ3v) is 5.66. The summed E-state index contributed by atoms with van der Waals surface area (Å²) in [6.45, 7) is 11.6. The Morgan fingerprint density at radius 2 is 2.07 bits per heavy atom. The minimum absolute atomic E-state index is 0. The van der Waals surface area contributed by atoms with Crippen LogP contribution in [0.5, 0.6) is 0 Å². The summed E-state index contributed by atoms with van der Waals surface area (Å²) < 4.78 is 5.66. The van der Waals surface area contributed by atoms with Gasteiger partial charge in [-0.1, -0.05) is 13.0 Å². The first-order valence-electron chi connectivity index (χ1n) is 9.90. The first kappa shape index (κ1) is 24.7. The molecule has 5 nitrogen and oxygen atoms in total. The smallest absolute Gasteiger partial charge is 0.191 e. The standard InChI is InChI=1S/C20H36N4OS.HI/c1-16(2)25-12-11-24-9-7-18(8-10-24)23-20(21-4)22-15-17(3)14-19-6-5-13-26-19;/h5-6,13,16-18H,7-12,14-15H2,1-4H3,(H2,21,22,23);1H. The number of piperidine rings is 1. The molecule has 27 heavy (non-hydrogen) atoms. The molecule has 1 atom stereocenters. The van der Waals surface area contributed by atoms with Crippen LogP contribution in [-0.2, 0) is 11.2 Å². The molecule has 7 heteroatoms. The van der Waals surface area contributed by atoms with Gasteiger partial charge in [0.05, 0.1) is 12.7 Å². The second kappa shape index (κ2) is 13.7. The van der Waals surface area contributed by atoms with Crippen molar-refractivity contribution in [3.63, 3.8) is 0 Å². The summed E-state index contributed by atoms with van der Waals surface area (Å²) in [7, 11) is 1.86. The van der Waals surface area contributed by atoms with Crippen molar-refractivity contribution in [2.45, 2.75) is 52.2 Å². The number of aliphatic imine (C=N–C) groups is 1. The Morgan fingerprint density at radius 3 is 2.67 bits per heavy atom. The third-order valence-electron chi connectivity index (χ3n) is 4.76. The van der Waals surface area contributed by atoms with Crippen LogP contribution < -0.4 is 10.6 Å². The molecule has 1 aliphatic rings. The highest BCUT2D eigenvalue weighted by Gasteiger charge is 2.20. The molecule has 156 valence electrons. The number of hydrogen-bond donors (Lipinski definition) is 2. The van der Waals surface area contributed by atoms with Crippen molar-refractivity contribution in [3.8, 4) is 0 Å². The topological polar surface area (TPSA) is 48.9 Å². The van der Waals surface area contributed by atoms with E-state index >= 15 is 0 Å². The van der Waals surface area contributed by atoms with E-state index in [1.54, 1.807) is 0 Å². The number of nitrogens with zero attached hydrogens (tertiary/aromatic N) is 2. The lowest BCUT2D eigenvalue weighted by Gasteiger charge is -2.33. The summed E-state index contributed by atoms with van der Waals surface area (Å²) >= 11 is 1.84. The predicted molar refractivity (Wildman–Crippen MR) is 128 cm³/mol. The lowest BCUT2D eigenvalue weighted by molar-refractivity contribution is 0.0532. The van der Waals surface area contributed by atoms with E-state index in [2.05, 4.69) is 58.8 Å². The van der Waals surface area contributed by atoms with Crippen LogP contribution in [0.25, 0.3) is 0 Å². The zero-order valence-corrected chi connectivity index (χ0v) is 20.4. The zero-order chi connectivity index (χ0) is 18.8. The van der Waals surface area contributed by atoms with Crippen molar-refractivity contribution < 1.29 is 4.74 Å². The van der Waals surface area contributed by atoms with E-state index in [1.165, 1.54) is 4.88 Å². The lowest BCUT2D eigenvalue weighted by atomic mass is 10.1. The summed E-state index contributed by atoms with van der Waals surface area (Å²) in [5, 5.41) is 9.25. The average molecular weight is 509 g/mol. The van der Waals surface area contributed by atoms with Gasteiger partial charge < -0.3 is 20.3 Å². The minimum Gasteiger partial charge on any atom is -0.377 e. The summed E-state index contributed by atoms with van der Waals surface area (Å²) in [5.41, 5.74) is 0. The SMILES string of the molecule is CN=C(NCC(C)Cc1cccs1)NC1CCN(CCOC(C)C)CC1.I. The Balaban J connectivity index is 0.00000364. The molecule has 1 unspecified atom stereocenters. The molecule has 0 radical (unpaired) electrons. The van der Waals surface area contributed by atoms with E-state index in [0.717, 1.165) is 58.0 Å². The monoisotopic (exact) mass is 508 g/mol. The number of halogens is 1. The van der Waals surface area contributed by atoms with Gasteiger partial charge in [-0.25, -0.2) is 0 Å². The van der Waals surface area contributed by atoms with E-state index in [0.29, 0.717) is 18.1 Å².